The maximum atomic E-state index is 12.5. The van der Waals surface area contributed by atoms with Crippen LogP contribution in [0.15, 0.2) is 34.2 Å². The third kappa shape index (κ3) is 3.16. The van der Waals surface area contributed by atoms with Crippen molar-refractivity contribution in [2.75, 3.05) is 6.61 Å². The lowest BCUT2D eigenvalue weighted by atomic mass is 10.2. The quantitative estimate of drug-likeness (QED) is 0.673. The monoisotopic (exact) mass is 278 g/mol. The van der Waals surface area contributed by atoms with Crippen LogP contribution < -0.4 is 5.56 Å². The van der Waals surface area contributed by atoms with Gasteiger partial charge in [0.15, 0.2) is 5.16 Å². The van der Waals surface area contributed by atoms with Crippen molar-refractivity contribution in [3.05, 3.63) is 34.6 Å². The molecule has 0 aliphatic carbocycles. The van der Waals surface area contributed by atoms with Crippen molar-refractivity contribution in [1.82, 2.24) is 9.55 Å². The minimum absolute atomic E-state index is 0.0257. The fourth-order valence-corrected chi connectivity index (χ4v) is 2.75. The molecule has 4 nitrogen and oxygen atoms in total. The summed E-state index contributed by atoms with van der Waals surface area (Å²) in [5.41, 5.74) is 0.707. The van der Waals surface area contributed by atoms with E-state index in [-0.39, 0.29) is 12.2 Å². The predicted octanol–water partition coefficient (Wildman–Crippen LogP) is 2.28. The molecular formula is C14H18N2O2S. The molecule has 0 bridgehead atoms. The molecule has 0 spiro atoms. The van der Waals surface area contributed by atoms with Crippen molar-refractivity contribution in [2.45, 2.75) is 37.2 Å². The number of rotatable bonds is 5. The van der Waals surface area contributed by atoms with E-state index in [2.05, 4.69) is 18.8 Å². The number of aliphatic hydroxyl groups is 1. The first kappa shape index (κ1) is 14.1. The molecule has 0 unspecified atom stereocenters. The second-order valence-electron chi connectivity index (χ2n) is 4.61. The second-order valence-corrected chi connectivity index (χ2v) is 6.16. The molecule has 2 rings (SSSR count). The first-order chi connectivity index (χ1) is 9.13. The van der Waals surface area contributed by atoms with E-state index >= 15 is 0 Å². The van der Waals surface area contributed by atoms with Crippen LogP contribution in [0.5, 0.6) is 0 Å². The van der Waals surface area contributed by atoms with E-state index in [1.807, 2.05) is 18.2 Å². The fraction of sp³-hybridized carbons (Fsp3) is 0.429. The number of thioether (sulfide) groups is 1. The smallest absolute Gasteiger partial charge is 0.262 e. The molecule has 0 aliphatic heterocycles. The van der Waals surface area contributed by atoms with Gasteiger partial charge in [0.25, 0.3) is 5.56 Å². The van der Waals surface area contributed by atoms with Crippen LogP contribution in [0.4, 0.5) is 0 Å². The molecule has 1 heterocycles. The van der Waals surface area contributed by atoms with Crippen LogP contribution in [0.25, 0.3) is 10.9 Å². The van der Waals surface area contributed by atoms with Gasteiger partial charge in [0.1, 0.15) is 0 Å². The summed E-state index contributed by atoms with van der Waals surface area (Å²) in [6.07, 6.45) is 0.561. The zero-order valence-electron chi connectivity index (χ0n) is 11.2. The number of para-hydroxylation sites is 1. The van der Waals surface area contributed by atoms with Gasteiger partial charge < -0.3 is 5.11 Å². The lowest BCUT2D eigenvalue weighted by Gasteiger charge is -2.13. The van der Waals surface area contributed by atoms with Gasteiger partial charge in [-0.3, -0.25) is 9.36 Å². The van der Waals surface area contributed by atoms with Gasteiger partial charge in [-0.2, -0.15) is 0 Å². The van der Waals surface area contributed by atoms with E-state index in [0.29, 0.717) is 23.6 Å². The third-order valence-corrected chi connectivity index (χ3v) is 3.70. The molecular weight excluding hydrogens is 260 g/mol. The largest absolute Gasteiger partial charge is 0.396 e. The van der Waals surface area contributed by atoms with Gasteiger partial charge in [-0.15, -0.1) is 0 Å². The fourth-order valence-electron chi connectivity index (χ4n) is 1.87. The average molecular weight is 278 g/mol. The number of hydrogen-bond acceptors (Lipinski definition) is 4. The highest BCUT2D eigenvalue weighted by Crippen LogP contribution is 2.22. The molecule has 1 aromatic heterocycles. The number of aliphatic hydroxyl groups excluding tert-OH is 1. The Labute approximate surface area is 116 Å². The van der Waals surface area contributed by atoms with Crippen molar-refractivity contribution < 1.29 is 5.11 Å². The second kappa shape index (κ2) is 6.21. The summed E-state index contributed by atoms with van der Waals surface area (Å²) in [7, 11) is 0. The van der Waals surface area contributed by atoms with Gasteiger partial charge in [0.05, 0.1) is 10.9 Å². The number of nitrogens with zero attached hydrogens (tertiary/aromatic N) is 2. The molecule has 0 atom stereocenters. The summed E-state index contributed by atoms with van der Waals surface area (Å²) in [6.45, 7) is 4.72. The Bertz CT molecular complexity index is 622. The van der Waals surface area contributed by atoms with Crippen molar-refractivity contribution >= 4 is 22.7 Å². The minimum atomic E-state index is -0.0257. The van der Waals surface area contributed by atoms with E-state index in [1.165, 1.54) is 0 Å². The van der Waals surface area contributed by atoms with Crippen LogP contribution in [0, 0.1) is 0 Å². The molecule has 0 saturated heterocycles. The van der Waals surface area contributed by atoms with Crippen LogP contribution >= 0.6 is 11.8 Å². The maximum Gasteiger partial charge on any atom is 0.262 e. The molecule has 2 aromatic rings. The van der Waals surface area contributed by atoms with Gasteiger partial charge in [-0.05, 0) is 18.6 Å². The first-order valence-electron chi connectivity index (χ1n) is 6.40. The van der Waals surface area contributed by atoms with Crippen LogP contribution in [0.3, 0.4) is 0 Å². The summed E-state index contributed by atoms with van der Waals surface area (Å²) < 4.78 is 1.67. The Balaban J connectivity index is 2.58. The first-order valence-corrected chi connectivity index (χ1v) is 7.28. The van der Waals surface area contributed by atoms with Crippen LogP contribution in [0.2, 0.25) is 0 Å². The highest BCUT2D eigenvalue weighted by Gasteiger charge is 2.12. The summed E-state index contributed by atoms with van der Waals surface area (Å²) in [4.78, 5) is 17.0. The molecule has 1 N–H and O–H groups in total. The molecule has 1 aromatic carbocycles. The Morgan fingerprint density at radius 3 is 2.79 bits per heavy atom. The number of hydrogen-bond donors (Lipinski definition) is 1. The molecule has 5 heteroatoms. The van der Waals surface area contributed by atoms with Gasteiger partial charge >= 0.3 is 0 Å². The van der Waals surface area contributed by atoms with E-state index in [0.717, 1.165) is 10.7 Å². The summed E-state index contributed by atoms with van der Waals surface area (Å²) >= 11 is 1.57. The standard InChI is InChI=1S/C14H18N2O2S/c1-10(2)19-14-15-12-7-4-3-6-11(12)13(18)16(14)8-5-9-17/h3-4,6-7,10,17H,5,8-9H2,1-2H3. The topological polar surface area (TPSA) is 55.1 Å². The van der Waals surface area contributed by atoms with Gasteiger partial charge in [0.2, 0.25) is 0 Å². The lowest BCUT2D eigenvalue weighted by Crippen LogP contribution is -2.24. The van der Waals surface area contributed by atoms with Gasteiger partial charge in [0, 0.05) is 18.4 Å². The predicted molar refractivity (Wildman–Crippen MR) is 78.7 cm³/mol. The number of benzene rings is 1. The Morgan fingerprint density at radius 1 is 1.37 bits per heavy atom. The maximum absolute atomic E-state index is 12.5. The SMILES string of the molecule is CC(C)Sc1nc2ccccc2c(=O)n1CCCO. The number of aromatic nitrogens is 2. The lowest BCUT2D eigenvalue weighted by molar-refractivity contribution is 0.276. The Morgan fingerprint density at radius 2 is 2.11 bits per heavy atom. The summed E-state index contributed by atoms with van der Waals surface area (Å²) in [5.74, 6) is 0. The Kier molecular flexibility index (Phi) is 4.61. The third-order valence-electron chi connectivity index (χ3n) is 2.71. The zero-order valence-corrected chi connectivity index (χ0v) is 12.0. The highest BCUT2D eigenvalue weighted by atomic mass is 32.2. The van der Waals surface area contributed by atoms with Crippen molar-refractivity contribution in [2.24, 2.45) is 0 Å². The van der Waals surface area contributed by atoms with Crippen molar-refractivity contribution in [1.29, 1.82) is 0 Å². The van der Waals surface area contributed by atoms with Crippen LogP contribution in [-0.4, -0.2) is 26.5 Å². The molecule has 0 saturated carbocycles. The zero-order chi connectivity index (χ0) is 13.8. The van der Waals surface area contributed by atoms with Crippen molar-refractivity contribution in [3.8, 4) is 0 Å². The van der Waals surface area contributed by atoms with Crippen molar-refractivity contribution in [3.63, 3.8) is 0 Å². The van der Waals surface area contributed by atoms with E-state index in [4.69, 9.17) is 5.11 Å². The molecule has 0 amide bonds. The molecule has 0 fully saturated rings. The van der Waals surface area contributed by atoms with E-state index in [9.17, 15) is 4.79 Å². The molecule has 0 aliphatic rings. The van der Waals surface area contributed by atoms with Gasteiger partial charge in [-0.25, -0.2) is 4.98 Å². The minimum Gasteiger partial charge on any atom is -0.396 e. The highest BCUT2D eigenvalue weighted by molar-refractivity contribution is 7.99. The molecule has 102 valence electrons. The van der Waals surface area contributed by atoms with Crippen LogP contribution in [0.1, 0.15) is 20.3 Å². The summed E-state index contributed by atoms with van der Waals surface area (Å²) in [6, 6.07) is 7.38. The number of fused-ring (bicyclic) bond motifs is 1. The van der Waals surface area contributed by atoms with E-state index < -0.39 is 0 Å². The van der Waals surface area contributed by atoms with Gasteiger partial charge in [-0.1, -0.05) is 37.7 Å². The molecule has 19 heavy (non-hydrogen) atoms. The van der Waals surface area contributed by atoms with Crippen LogP contribution in [-0.2, 0) is 6.54 Å². The summed E-state index contributed by atoms with van der Waals surface area (Å²) in [5, 5.41) is 10.7. The molecule has 0 radical (unpaired) electrons. The Hall–Kier alpha value is -1.33. The normalized spacial score (nSPS) is 11.4. The average Bonchev–Trinajstić information content (AvgIpc) is 2.38. The van der Waals surface area contributed by atoms with E-state index in [1.54, 1.807) is 22.4 Å².